The lowest BCUT2D eigenvalue weighted by atomic mass is 9.93. The number of fused-ring (bicyclic) bond motifs is 1. The van der Waals surface area contributed by atoms with Crippen molar-refractivity contribution in [3.05, 3.63) is 155 Å². The summed E-state index contributed by atoms with van der Waals surface area (Å²) in [5.41, 5.74) is 5.93. The zero-order chi connectivity index (χ0) is 28.7. The van der Waals surface area contributed by atoms with E-state index in [0.29, 0.717) is 37.7 Å². The van der Waals surface area contributed by atoms with Crippen molar-refractivity contribution in [2.75, 3.05) is 0 Å². The Morgan fingerprint density at radius 2 is 1.14 bits per heavy atom. The number of ether oxygens (including phenoxy) is 4. The molecule has 42 heavy (non-hydrogen) atoms. The molecular weight excluding hydrogens is 524 g/mol. The SMILES string of the molecule is Cc1cc(OCc2ccccc2)c2c(c1)O[C@@H](c1ccc(OCc3ccccc3)c(OCc3ccccc3)c1)[C@@H](O)C2. The summed E-state index contributed by atoms with van der Waals surface area (Å²) in [7, 11) is 0. The van der Waals surface area contributed by atoms with Gasteiger partial charge < -0.3 is 24.1 Å². The number of aliphatic hydroxyl groups is 1. The van der Waals surface area contributed by atoms with Crippen LogP contribution in [0.25, 0.3) is 0 Å². The summed E-state index contributed by atoms with van der Waals surface area (Å²) in [5.74, 6) is 2.70. The summed E-state index contributed by atoms with van der Waals surface area (Å²) in [5, 5.41) is 11.3. The monoisotopic (exact) mass is 558 g/mol. The highest BCUT2D eigenvalue weighted by Crippen LogP contribution is 2.42. The Morgan fingerprint density at radius 1 is 0.619 bits per heavy atom. The van der Waals surface area contributed by atoms with Gasteiger partial charge in [-0.1, -0.05) is 97.1 Å². The molecule has 2 atom stereocenters. The molecule has 0 fully saturated rings. The van der Waals surface area contributed by atoms with Gasteiger partial charge in [0.25, 0.3) is 0 Å². The van der Waals surface area contributed by atoms with Crippen LogP contribution in [0.4, 0.5) is 0 Å². The lowest BCUT2D eigenvalue weighted by Crippen LogP contribution is -2.30. The van der Waals surface area contributed by atoms with E-state index in [1.807, 2.05) is 128 Å². The van der Waals surface area contributed by atoms with Crippen LogP contribution in [0.15, 0.2) is 121 Å². The third kappa shape index (κ3) is 6.59. The van der Waals surface area contributed by atoms with E-state index in [-0.39, 0.29) is 0 Å². The molecule has 6 rings (SSSR count). The van der Waals surface area contributed by atoms with E-state index in [4.69, 9.17) is 18.9 Å². The van der Waals surface area contributed by atoms with Crippen LogP contribution in [0.1, 0.15) is 39.5 Å². The van der Waals surface area contributed by atoms with E-state index in [1.54, 1.807) is 0 Å². The number of benzene rings is 5. The number of aryl methyl sites for hydroxylation is 1. The van der Waals surface area contributed by atoms with Gasteiger partial charge in [0, 0.05) is 12.0 Å². The molecular formula is C37H34O5. The summed E-state index contributed by atoms with van der Waals surface area (Å²) in [4.78, 5) is 0. The molecule has 0 unspecified atom stereocenters. The zero-order valence-electron chi connectivity index (χ0n) is 23.6. The van der Waals surface area contributed by atoms with E-state index in [1.165, 1.54) is 0 Å². The van der Waals surface area contributed by atoms with Gasteiger partial charge in [-0.05, 0) is 59.0 Å². The van der Waals surface area contributed by atoms with E-state index >= 15 is 0 Å². The largest absolute Gasteiger partial charge is 0.488 e. The quantitative estimate of drug-likeness (QED) is 0.190. The molecule has 0 aromatic heterocycles. The standard InChI is InChI=1S/C37H34O5/c1-26-19-34(40-24-28-13-7-3-8-14-28)31-22-32(38)37(42-35(31)20-26)30-17-18-33(39-23-27-11-5-2-6-12-27)36(21-30)41-25-29-15-9-4-10-16-29/h2-21,32,37-38H,22-25H2,1H3/t32-,37-/m0/s1. The topological polar surface area (TPSA) is 57.2 Å². The molecule has 0 radical (unpaired) electrons. The number of aliphatic hydroxyl groups excluding tert-OH is 1. The van der Waals surface area contributed by atoms with Crippen LogP contribution in [0, 0.1) is 6.92 Å². The molecule has 0 aliphatic carbocycles. The number of hydrogen-bond acceptors (Lipinski definition) is 5. The Balaban J connectivity index is 1.24. The molecule has 0 amide bonds. The maximum absolute atomic E-state index is 11.3. The van der Waals surface area contributed by atoms with Crippen molar-refractivity contribution in [3.63, 3.8) is 0 Å². The van der Waals surface area contributed by atoms with E-state index in [2.05, 4.69) is 0 Å². The average Bonchev–Trinajstić information content (AvgIpc) is 3.03. The molecule has 212 valence electrons. The van der Waals surface area contributed by atoms with Gasteiger partial charge in [0.05, 0.1) is 6.10 Å². The van der Waals surface area contributed by atoms with E-state index in [9.17, 15) is 5.11 Å². The summed E-state index contributed by atoms with van der Waals surface area (Å²) in [6.07, 6.45) is -0.919. The van der Waals surface area contributed by atoms with Gasteiger partial charge in [-0.25, -0.2) is 0 Å². The van der Waals surface area contributed by atoms with Crippen LogP contribution < -0.4 is 18.9 Å². The number of hydrogen-bond donors (Lipinski definition) is 1. The predicted octanol–water partition coefficient (Wildman–Crippen LogP) is 7.77. The summed E-state index contributed by atoms with van der Waals surface area (Å²) in [6.45, 7) is 3.28. The second-order valence-electron chi connectivity index (χ2n) is 10.6. The van der Waals surface area contributed by atoms with Crippen LogP contribution in [0.2, 0.25) is 0 Å². The highest BCUT2D eigenvalue weighted by molar-refractivity contribution is 5.51. The van der Waals surface area contributed by atoms with Gasteiger partial charge in [-0.15, -0.1) is 0 Å². The molecule has 0 spiro atoms. The molecule has 0 saturated heterocycles. The van der Waals surface area contributed by atoms with Gasteiger partial charge in [-0.3, -0.25) is 0 Å². The molecule has 1 heterocycles. The van der Waals surface area contributed by atoms with Gasteiger partial charge >= 0.3 is 0 Å². The number of rotatable bonds is 10. The third-order valence-electron chi connectivity index (χ3n) is 7.34. The van der Waals surface area contributed by atoms with Gasteiger partial charge in [-0.2, -0.15) is 0 Å². The zero-order valence-corrected chi connectivity index (χ0v) is 23.6. The fraction of sp³-hybridized carbons (Fsp3) is 0.189. The first-order chi connectivity index (χ1) is 20.6. The molecule has 5 nitrogen and oxygen atoms in total. The van der Waals surface area contributed by atoms with Gasteiger partial charge in [0.2, 0.25) is 0 Å². The fourth-order valence-corrected chi connectivity index (χ4v) is 5.15. The Hall–Kier alpha value is -4.74. The smallest absolute Gasteiger partial charge is 0.162 e. The van der Waals surface area contributed by atoms with Crippen molar-refractivity contribution in [1.82, 2.24) is 0 Å². The van der Waals surface area contributed by atoms with Crippen LogP contribution in [-0.4, -0.2) is 11.2 Å². The van der Waals surface area contributed by atoms with E-state index < -0.39 is 12.2 Å². The predicted molar refractivity (Wildman–Crippen MR) is 163 cm³/mol. The highest BCUT2D eigenvalue weighted by Gasteiger charge is 2.33. The summed E-state index contributed by atoms with van der Waals surface area (Å²) >= 11 is 0. The first-order valence-electron chi connectivity index (χ1n) is 14.2. The van der Waals surface area contributed by atoms with E-state index in [0.717, 1.165) is 44.9 Å². The second-order valence-corrected chi connectivity index (χ2v) is 10.6. The first kappa shape index (κ1) is 27.4. The Bertz CT molecular complexity index is 1600. The van der Waals surface area contributed by atoms with Crippen molar-refractivity contribution in [2.24, 2.45) is 0 Å². The molecule has 5 aromatic carbocycles. The summed E-state index contributed by atoms with van der Waals surface area (Å²) < 4.78 is 25.1. The third-order valence-corrected chi connectivity index (χ3v) is 7.34. The molecule has 1 aliphatic heterocycles. The summed E-state index contributed by atoms with van der Waals surface area (Å²) in [6, 6.07) is 39.9. The lowest BCUT2D eigenvalue weighted by Gasteiger charge is -2.32. The van der Waals surface area contributed by atoms with Gasteiger partial charge in [0.1, 0.15) is 37.4 Å². The van der Waals surface area contributed by atoms with Crippen LogP contribution >= 0.6 is 0 Å². The Kier molecular flexibility index (Phi) is 8.38. The van der Waals surface area contributed by atoms with Crippen molar-refractivity contribution in [2.45, 2.75) is 45.4 Å². The normalized spacial score (nSPS) is 15.8. The van der Waals surface area contributed by atoms with Crippen LogP contribution in [-0.2, 0) is 26.2 Å². The molecule has 1 N–H and O–H groups in total. The second kappa shape index (κ2) is 12.8. The van der Waals surface area contributed by atoms with Crippen molar-refractivity contribution < 1.29 is 24.1 Å². The maximum atomic E-state index is 11.3. The van der Waals surface area contributed by atoms with Crippen molar-refractivity contribution >= 4 is 0 Å². The lowest BCUT2D eigenvalue weighted by molar-refractivity contribution is 0.0194. The molecule has 5 heteroatoms. The Morgan fingerprint density at radius 3 is 1.71 bits per heavy atom. The average molecular weight is 559 g/mol. The van der Waals surface area contributed by atoms with Crippen LogP contribution in [0.3, 0.4) is 0 Å². The highest BCUT2D eigenvalue weighted by atomic mass is 16.5. The van der Waals surface area contributed by atoms with Crippen LogP contribution in [0.5, 0.6) is 23.0 Å². The van der Waals surface area contributed by atoms with Crippen molar-refractivity contribution in [1.29, 1.82) is 0 Å². The molecule has 0 bridgehead atoms. The fourth-order valence-electron chi connectivity index (χ4n) is 5.15. The van der Waals surface area contributed by atoms with Gasteiger partial charge in [0.15, 0.2) is 11.5 Å². The Labute approximate surface area is 246 Å². The molecule has 1 aliphatic rings. The minimum Gasteiger partial charge on any atom is -0.488 e. The molecule has 5 aromatic rings. The minimum atomic E-state index is -0.766. The minimum absolute atomic E-state index is 0.393. The maximum Gasteiger partial charge on any atom is 0.162 e. The van der Waals surface area contributed by atoms with Crippen molar-refractivity contribution in [3.8, 4) is 23.0 Å². The molecule has 0 saturated carbocycles. The first-order valence-corrected chi connectivity index (χ1v) is 14.2.